The molecular formula is C19H24F2N2O4. The Kier molecular flexibility index (Phi) is 7.27. The third-order valence-electron chi connectivity index (χ3n) is 4.74. The van der Waals surface area contributed by atoms with E-state index in [4.69, 9.17) is 5.11 Å². The minimum atomic E-state index is -1.13. The number of piperidine rings is 1. The molecule has 148 valence electrons. The van der Waals surface area contributed by atoms with Crippen molar-refractivity contribution in [3.63, 3.8) is 0 Å². The molecule has 8 heteroatoms. The van der Waals surface area contributed by atoms with Gasteiger partial charge in [-0.15, -0.1) is 0 Å². The van der Waals surface area contributed by atoms with Crippen molar-refractivity contribution in [3.05, 3.63) is 35.4 Å². The van der Waals surface area contributed by atoms with Crippen LogP contribution in [-0.2, 0) is 14.4 Å². The second-order valence-corrected chi connectivity index (χ2v) is 6.76. The van der Waals surface area contributed by atoms with Gasteiger partial charge in [-0.05, 0) is 37.8 Å². The molecule has 1 saturated heterocycles. The molecule has 1 aromatic carbocycles. The van der Waals surface area contributed by atoms with Crippen molar-refractivity contribution in [2.75, 3.05) is 6.54 Å². The molecule has 1 aromatic rings. The fourth-order valence-electron chi connectivity index (χ4n) is 3.53. The summed E-state index contributed by atoms with van der Waals surface area (Å²) in [5.41, 5.74) is -0.347. The normalized spacial score (nSPS) is 18.0. The van der Waals surface area contributed by atoms with Crippen LogP contribution in [0.4, 0.5) is 8.78 Å². The molecule has 27 heavy (non-hydrogen) atoms. The highest BCUT2D eigenvalue weighted by atomic mass is 19.1. The number of likely N-dealkylation sites (tertiary alicyclic amines) is 1. The number of hydrogen-bond acceptors (Lipinski definition) is 3. The first kappa shape index (κ1) is 20.8. The number of benzene rings is 1. The van der Waals surface area contributed by atoms with Crippen molar-refractivity contribution >= 4 is 17.8 Å². The van der Waals surface area contributed by atoms with Gasteiger partial charge in [0.25, 0.3) is 0 Å². The van der Waals surface area contributed by atoms with Crippen molar-refractivity contribution in [2.24, 2.45) is 0 Å². The zero-order valence-electron chi connectivity index (χ0n) is 15.2. The van der Waals surface area contributed by atoms with Gasteiger partial charge in [0.15, 0.2) is 0 Å². The van der Waals surface area contributed by atoms with Crippen molar-refractivity contribution in [1.29, 1.82) is 0 Å². The number of halogens is 2. The minimum Gasteiger partial charge on any atom is -0.481 e. The summed E-state index contributed by atoms with van der Waals surface area (Å²) in [6.07, 6.45) is 2.36. The molecule has 2 atom stereocenters. The lowest BCUT2D eigenvalue weighted by Crippen LogP contribution is -2.45. The lowest BCUT2D eigenvalue weighted by molar-refractivity contribution is -0.140. The Hall–Kier alpha value is -2.51. The van der Waals surface area contributed by atoms with E-state index < -0.39 is 29.6 Å². The smallest absolute Gasteiger partial charge is 0.303 e. The number of carbonyl (C=O) groups excluding carboxylic acids is 2. The highest BCUT2D eigenvalue weighted by Gasteiger charge is 2.31. The summed E-state index contributed by atoms with van der Waals surface area (Å²) >= 11 is 0. The quantitative estimate of drug-likeness (QED) is 0.759. The molecule has 1 aliphatic rings. The minimum absolute atomic E-state index is 0.0501. The third kappa shape index (κ3) is 5.74. The van der Waals surface area contributed by atoms with Crippen LogP contribution in [0.5, 0.6) is 0 Å². The predicted molar refractivity (Wildman–Crippen MR) is 93.8 cm³/mol. The summed E-state index contributed by atoms with van der Waals surface area (Å²) < 4.78 is 28.3. The molecule has 1 aliphatic heterocycles. The van der Waals surface area contributed by atoms with E-state index in [1.807, 2.05) is 0 Å². The average molecular weight is 382 g/mol. The number of carboxylic acids is 1. The Labute approximate surface area is 156 Å². The lowest BCUT2D eigenvalue weighted by Gasteiger charge is -2.36. The third-order valence-corrected chi connectivity index (χ3v) is 4.74. The van der Waals surface area contributed by atoms with Gasteiger partial charge in [0.2, 0.25) is 11.8 Å². The van der Waals surface area contributed by atoms with Gasteiger partial charge in [-0.2, -0.15) is 0 Å². The first-order valence-corrected chi connectivity index (χ1v) is 9.02. The maximum Gasteiger partial charge on any atom is 0.303 e. The molecule has 0 bridgehead atoms. The fourth-order valence-corrected chi connectivity index (χ4v) is 3.53. The maximum atomic E-state index is 14.1. The summed E-state index contributed by atoms with van der Waals surface area (Å²) in [5.74, 6) is -3.45. The molecule has 0 spiro atoms. The number of nitrogens with zero attached hydrogens (tertiary/aromatic N) is 1. The SMILES string of the molecule is CC(=O)N[C@H](CC(=O)N1CCCC[C@H]1CCC(=O)O)c1c(F)cccc1F. The molecule has 0 aromatic heterocycles. The van der Waals surface area contributed by atoms with Crippen LogP contribution in [0.2, 0.25) is 0 Å². The maximum absolute atomic E-state index is 14.1. The Morgan fingerprint density at radius 3 is 2.52 bits per heavy atom. The van der Waals surface area contributed by atoms with Crippen LogP contribution in [0.25, 0.3) is 0 Å². The zero-order valence-corrected chi connectivity index (χ0v) is 15.2. The second kappa shape index (κ2) is 9.43. The van der Waals surface area contributed by atoms with Crippen LogP contribution in [0.1, 0.15) is 57.1 Å². The number of rotatable bonds is 7. The molecule has 0 unspecified atom stereocenters. The van der Waals surface area contributed by atoms with Gasteiger partial charge in [-0.25, -0.2) is 8.78 Å². The van der Waals surface area contributed by atoms with Crippen molar-refractivity contribution < 1.29 is 28.3 Å². The summed E-state index contributed by atoms with van der Waals surface area (Å²) in [5, 5.41) is 11.3. The number of nitrogens with one attached hydrogen (secondary N) is 1. The van der Waals surface area contributed by atoms with E-state index in [9.17, 15) is 23.2 Å². The van der Waals surface area contributed by atoms with E-state index in [0.717, 1.165) is 25.0 Å². The van der Waals surface area contributed by atoms with Crippen LogP contribution in [-0.4, -0.2) is 40.4 Å². The molecule has 2 N–H and O–H groups in total. The average Bonchev–Trinajstić information content (AvgIpc) is 2.59. The summed E-state index contributed by atoms with van der Waals surface area (Å²) in [6.45, 7) is 1.68. The number of amides is 2. The summed E-state index contributed by atoms with van der Waals surface area (Å²) in [6, 6.07) is 2.03. The Bertz CT molecular complexity index is 691. The van der Waals surface area contributed by atoms with Crippen molar-refractivity contribution in [3.8, 4) is 0 Å². The van der Waals surface area contributed by atoms with Crippen LogP contribution in [0.3, 0.4) is 0 Å². The lowest BCUT2D eigenvalue weighted by atomic mass is 9.95. The Balaban J connectivity index is 2.19. The first-order chi connectivity index (χ1) is 12.8. The predicted octanol–water partition coefficient (Wildman–Crippen LogP) is 2.78. The number of carbonyl (C=O) groups is 3. The van der Waals surface area contributed by atoms with Gasteiger partial charge < -0.3 is 15.3 Å². The number of aliphatic carboxylic acids is 1. The molecular weight excluding hydrogens is 358 g/mol. The first-order valence-electron chi connectivity index (χ1n) is 9.02. The van der Waals surface area contributed by atoms with Gasteiger partial charge in [-0.1, -0.05) is 6.07 Å². The van der Waals surface area contributed by atoms with Gasteiger partial charge >= 0.3 is 5.97 Å². The van der Waals surface area contributed by atoms with E-state index in [2.05, 4.69) is 5.32 Å². The van der Waals surface area contributed by atoms with Crippen LogP contribution >= 0.6 is 0 Å². The molecule has 6 nitrogen and oxygen atoms in total. The van der Waals surface area contributed by atoms with Crippen molar-refractivity contribution in [1.82, 2.24) is 10.2 Å². The highest BCUT2D eigenvalue weighted by Crippen LogP contribution is 2.27. The Morgan fingerprint density at radius 2 is 1.93 bits per heavy atom. The second-order valence-electron chi connectivity index (χ2n) is 6.76. The van der Waals surface area contributed by atoms with E-state index >= 15 is 0 Å². The molecule has 1 fully saturated rings. The molecule has 0 saturated carbocycles. The topological polar surface area (TPSA) is 86.7 Å². The van der Waals surface area contributed by atoms with Crippen LogP contribution in [0, 0.1) is 11.6 Å². The highest BCUT2D eigenvalue weighted by molar-refractivity contribution is 5.79. The molecule has 2 rings (SSSR count). The molecule has 2 amide bonds. The summed E-state index contributed by atoms with van der Waals surface area (Å²) in [7, 11) is 0. The molecule has 0 radical (unpaired) electrons. The van der Waals surface area contributed by atoms with Crippen LogP contribution < -0.4 is 5.32 Å². The van der Waals surface area contributed by atoms with E-state index in [-0.39, 0.29) is 30.4 Å². The van der Waals surface area contributed by atoms with Gasteiger partial charge in [0, 0.05) is 31.5 Å². The zero-order chi connectivity index (χ0) is 20.0. The van der Waals surface area contributed by atoms with Crippen molar-refractivity contribution in [2.45, 2.75) is 57.5 Å². The van der Waals surface area contributed by atoms with Gasteiger partial charge in [0.1, 0.15) is 11.6 Å². The van der Waals surface area contributed by atoms with E-state index in [0.29, 0.717) is 19.4 Å². The van der Waals surface area contributed by atoms with E-state index in [1.54, 1.807) is 4.90 Å². The fraction of sp³-hybridized carbons (Fsp3) is 0.526. The number of carboxylic acid groups (broad SMARTS) is 1. The number of hydrogen-bond donors (Lipinski definition) is 2. The standard InChI is InChI=1S/C19H24F2N2O4/c1-12(24)22-16(19-14(20)6-4-7-15(19)21)11-17(25)23-10-3-2-5-13(23)8-9-18(26)27/h4,6-7,13,16H,2-3,5,8-11H2,1H3,(H,22,24)(H,26,27)/t13-,16+/m0/s1. The summed E-state index contributed by atoms with van der Waals surface area (Å²) in [4.78, 5) is 36.8. The molecule has 1 heterocycles. The Morgan fingerprint density at radius 1 is 1.26 bits per heavy atom. The van der Waals surface area contributed by atoms with Gasteiger partial charge in [-0.3, -0.25) is 14.4 Å². The van der Waals surface area contributed by atoms with Crippen LogP contribution in [0.15, 0.2) is 18.2 Å². The van der Waals surface area contributed by atoms with Gasteiger partial charge in [0.05, 0.1) is 12.5 Å². The van der Waals surface area contributed by atoms with E-state index in [1.165, 1.54) is 13.0 Å². The molecule has 0 aliphatic carbocycles. The monoisotopic (exact) mass is 382 g/mol. The largest absolute Gasteiger partial charge is 0.481 e.